The monoisotopic (exact) mass is 222 g/mol. The minimum atomic E-state index is 0.499. The summed E-state index contributed by atoms with van der Waals surface area (Å²) in [6.07, 6.45) is 4.63. The summed E-state index contributed by atoms with van der Waals surface area (Å²) >= 11 is 0. The van der Waals surface area contributed by atoms with Gasteiger partial charge in [-0.25, -0.2) is 4.68 Å². The highest BCUT2D eigenvalue weighted by Gasteiger charge is 2.32. The average molecular weight is 222 g/mol. The standard InChI is InChI=1S/C11H18N4O/c12-7-10-11(8-3-5-16-6-4-8)15(14-13-10)9-1-2-9/h8-9H,1-7,12H2. The molecule has 5 nitrogen and oxygen atoms in total. The van der Waals surface area contributed by atoms with Crippen LogP contribution in [-0.2, 0) is 11.3 Å². The van der Waals surface area contributed by atoms with Gasteiger partial charge in [-0.2, -0.15) is 0 Å². The Morgan fingerprint density at radius 3 is 2.62 bits per heavy atom. The number of nitrogens with two attached hydrogens (primary N) is 1. The molecule has 1 aromatic rings. The molecule has 2 aliphatic rings. The first-order chi connectivity index (χ1) is 7.90. The molecule has 16 heavy (non-hydrogen) atoms. The Morgan fingerprint density at radius 1 is 1.25 bits per heavy atom. The molecule has 3 rings (SSSR count). The Labute approximate surface area is 95.0 Å². The third-order valence-corrected chi connectivity index (χ3v) is 3.50. The van der Waals surface area contributed by atoms with Crippen LogP contribution >= 0.6 is 0 Å². The molecule has 1 aliphatic carbocycles. The van der Waals surface area contributed by atoms with E-state index in [4.69, 9.17) is 10.5 Å². The van der Waals surface area contributed by atoms with Gasteiger partial charge >= 0.3 is 0 Å². The molecule has 1 saturated carbocycles. The van der Waals surface area contributed by atoms with Gasteiger partial charge in [0, 0.05) is 25.7 Å². The van der Waals surface area contributed by atoms with Crippen LogP contribution in [0.2, 0.25) is 0 Å². The number of hydrogen-bond donors (Lipinski definition) is 1. The van der Waals surface area contributed by atoms with Crippen molar-refractivity contribution in [2.24, 2.45) is 5.73 Å². The van der Waals surface area contributed by atoms with Crippen molar-refractivity contribution >= 4 is 0 Å². The third kappa shape index (κ3) is 1.74. The molecule has 1 saturated heterocycles. The van der Waals surface area contributed by atoms with Crippen LogP contribution in [0.15, 0.2) is 0 Å². The van der Waals surface area contributed by atoms with Crippen molar-refractivity contribution in [3.05, 3.63) is 11.4 Å². The van der Waals surface area contributed by atoms with E-state index < -0.39 is 0 Å². The van der Waals surface area contributed by atoms with Crippen LogP contribution in [0, 0.1) is 0 Å². The largest absolute Gasteiger partial charge is 0.381 e. The fraction of sp³-hybridized carbons (Fsp3) is 0.818. The van der Waals surface area contributed by atoms with Gasteiger partial charge in [0.05, 0.1) is 17.4 Å². The van der Waals surface area contributed by atoms with Crippen molar-refractivity contribution in [1.82, 2.24) is 15.0 Å². The number of hydrogen-bond acceptors (Lipinski definition) is 4. The zero-order valence-electron chi connectivity index (χ0n) is 9.43. The van der Waals surface area contributed by atoms with E-state index in [1.165, 1.54) is 18.5 Å². The first-order valence-corrected chi connectivity index (χ1v) is 6.12. The van der Waals surface area contributed by atoms with E-state index in [1.807, 2.05) is 0 Å². The Morgan fingerprint density at radius 2 is 2.00 bits per heavy atom. The third-order valence-electron chi connectivity index (χ3n) is 3.50. The summed E-state index contributed by atoms with van der Waals surface area (Å²) in [4.78, 5) is 0. The minimum absolute atomic E-state index is 0.499. The lowest BCUT2D eigenvalue weighted by Crippen LogP contribution is -2.19. The van der Waals surface area contributed by atoms with E-state index in [9.17, 15) is 0 Å². The molecule has 88 valence electrons. The predicted octanol–water partition coefficient (Wildman–Crippen LogP) is 0.966. The molecule has 2 N–H and O–H groups in total. The average Bonchev–Trinajstić information content (AvgIpc) is 3.09. The van der Waals surface area contributed by atoms with Gasteiger partial charge in [-0.3, -0.25) is 0 Å². The zero-order chi connectivity index (χ0) is 11.0. The topological polar surface area (TPSA) is 66.0 Å². The molecule has 0 radical (unpaired) electrons. The molecule has 2 fully saturated rings. The van der Waals surface area contributed by atoms with E-state index in [0.29, 0.717) is 18.5 Å². The number of aromatic nitrogens is 3. The molecule has 0 bridgehead atoms. The summed E-state index contributed by atoms with van der Waals surface area (Å²) in [5.74, 6) is 0.544. The summed E-state index contributed by atoms with van der Waals surface area (Å²) in [5.41, 5.74) is 8.01. The van der Waals surface area contributed by atoms with Crippen molar-refractivity contribution in [1.29, 1.82) is 0 Å². The molecular weight excluding hydrogens is 204 g/mol. The first-order valence-electron chi connectivity index (χ1n) is 6.12. The predicted molar refractivity (Wildman–Crippen MR) is 59.0 cm³/mol. The maximum Gasteiger partial charge on any atom is 0.0997 e. The number of rotatable bonds is 3. The molecule has 0 unspecified atom stereocenters. The molecular formula is C11H18N4O. The van der Waals surface area contributed by atoms with Gasteiger partial charge in [-0.1, -0.05) is 5.21 Å². The lowest BCUT2D eigenvalue weighted by atomic mass is 9.94. The van der Waals surface area contributed by atoms with Gasteiger partial charge in [0.2, 0.25) is 0 Å². The molecule has 2 heterocycles. The van der Waals surface area contributed by atoms with Crippen molar-refractivity contribution in [2.75, 3.05) is 13.2 Å². The minimum Gasteiger partial charge on any atom is -0.381 e. The molecule has 0 atom stereocenters. The molecule has 5 heteroatoms. The summed E-state index contributed by atoms with van der Waals surface area (Å²) < 4.78 is 7.53. The molecule has 0 amide bonds. The van der Waals surface area contributed by atoms with Crippen LogP contribution in [-0.4, -0.2) is 28.2 Å². The Hall–Kier alpha value is -0.940. The maximum atomic E-state index is 5.74. The van der Waals surface area contributed by atoms with Gasteiger partial charge in [-0.05, 0) is 25.7 Å². The van der Waals surface area contributed by atoms with Crippen LogP contribution in [0.1, 0.15) is 49.0 Å². The highest BCUT2D eigenvalue weighted by atomic mass is 16.5. The van der Waals surface area contributed by atoms with Crippen molar-refractivity contribution in [3.8, 4) is 0 Å². The van der Waals surface area contributed by atoms with Gasteiger partial charge in [0.1, 0.15) is 0 Å². The van der Waals surface area contributed by atoms with Gasteiger partial charge < -0.3 is 10.5 Å². The van der Waals surface area contributed by atoms with Crippen LogP contribution in [0.25, 0.3) is 0 Å². The van der Waals surface area contributed by atoms with E-state index in [2.05, 4.69) is 15.0 Å². The van der Waals surface area contributed by atoms with Crippen LogP contribution in [0.5, 0.6) is 0 Å². The summed E-state index contributed by atoms with van der Waals surface area (Å²) in [6.45, 7) is 2.20. The van der Waals surface area contributed by atoms with Crippen LogP contribution in [0.4, 0.5) is 0 Å². The second-order valence-corrected chi connectivity index (χ2v) is 4.69. The fourth-order valence-electron chi connectivity index (χ4n) is 2.46. The Balaban J connectivity index is 1.91. The fourth-order valence-corrected chi connectivity index (χ4v) is 2.46. The Bertz CT molecular complexity index is 366. The lowest BCUT2D eigenvalue weighted by Gasteiger charge is -2.23. The Kier molecular flexibility index (Phi) is 2.65. The molecule has 0 spiro atoms. The molecule has 1 aromatic heterocycles. The first kappa shape index (κ1) is 10.2. The van der Waals surface area contributed by atoms with E-state index in [-0.39, 0.29) is 0 Å². The number of ether oxygens (including phenoxy) is 1. The zero-order valence-corrected chi connectivity index (χ0v) is 9.43. The highest BCUT2D eigenvalue weighted by molar-refractivity contribution is 5.18. The highest BCUT2D eigenvalue weighted by Crippen LogP contribution is 2.39. The van der Waals surface area contributed by atoms with E-state index in [0.717, 1.165) is 31.7 Å². The number of nitrogens with zero attached hydrogens (tertiary/aromatic N) is 3. The van der Waals surface area contributed by atoms with Crippen LogP contribution < -0.4 is 5.73 Å². The maximum absolute atomic E-state index is 5.74. The molecule has 0 aromatic carbocycles. The quantitative estimate of drug-likeness (QED) is 0.827. The smallest absolute Gasteiger partial charge is 0.0997 e. The van der Waals surface area contributed by atoms with Crippen molar-refractivity contribution in [2.45, 2.75) is 44.2 Å². The lowest BCUT2D eigenvalue weighted by molar-refractivity contribution is 0.0833. The van der Waals surface area contributed by atoms with Crippen molar-refractivity contribution < 1.29 is 4.74 Å². The van der Waals surface area contributed by atoms with E-state index in [1.54, 1.807) is 0 Å². The normalized spacial score (nSPS) is 22.6. The SMILES string of the molecule is NCc1nnn(C2CC2)c1C1CCOCC1. The van der Waals surface area contributed by atoms with E-state index >= 15 is 0 Å². The van der Waals surface area contributed by atoms with Crippen LogP contribution in [0.3, 0.4) is 0 Å². The van der Waals surface area contributed by atoms with Gasteiger partial charge in [-0.15, -0.1) is 5.10 Å². The second kappa shape index (κ2) is 4.14. The van der Waals surface area contributed by atoms with Gasteiger partial charge in [0.25, 0.3) is 0 Å². The van der Waals surface area contributed by atoms with Crippen molar-refractivity contribution in [3.63, 3.8) is 0 Å². The molecule has 1 aliphatic heterocycles. The second-order valence-electron chi connectivity index (χ2n) is 4.69. The summed E-state index contributed by atoms with van der Waals surface area (Å²) in [7, 11) is 0. The summed E-state index contributed by atoms with van der Waals surface area (Å²) in [6, 6.07) is 0.589. The van der Waals surface area contributed by atoms with Gasteiger partial charge in [0.15, 0.2) is 0 Å². The summed E-state index contributed by atoms with van der Waals surface area (Å²) in [5, 5.41) is 8.49.